The topological polar surface area (TPSA) is 93.5 Å². The Labute approximate surface area is 133 Å². The van der Waals surface area contributed by atoms with Crippen molar-refractivity contribution >= 4 is 11.9 Å². The van der Waals surface area contributed by atoms with Crippen molar-refractivity contribution < 1.29 is 19.4 Å². The van der Waals surface area contributed by atoms with Gasteiger partial charge in [-0.25, -0.2) is 9.48 Å². The van der Waals surface area contributed by atoms with Gasteiger partial charge in [-0.3, -0.25) is 4.79 Å². The second-order valence-electron chi connectivity index (χ2n) is 5.15. The van der Waals surface area contributed by atoms with Gasteiger partial charge in [-0.05, 0) is 37.6 Å². The minimum absolute atomic E-state index is 0.203. The highest BCUT2D eigenvalue weighted by Crippen LogP contribution is 2.19. The molecule has 1 amide bonds. The van der Waals surface area contributed by atoms with E-state index in [4.69, 9.17) is 9.84 Å². The molecule has 0 saturated heterocycles. The molecule has 2 aromatic rings. The highest BCUT2D eigenvalue weighted by Gasteiger charge is 2.22. The molecule has 0 fully saturated rings. The third-order valence-corrected chi connectivity index (χ3v) is 3.57. The zero-order valence-corrected chi connectivity index (χ0v) is 13.2. The molecular weight excluding hydrogens is 298 g/mol. The number of hydrogen-bond acceptors (Lipinski definition) is 4. The first-order valence-corrected chi connectivity index (χ1v) is 7.15. The van der Waals surface area contributed by atoms with Gasteiger partial charge in [0.25, 0.3) is 5.91 Å². The Morgan fingerprint density at radius 2 is 2.04 bits per heavy atom. The Hall–Kier alpha value is -2.83. The summed E-state index contributed by atoms with van der Waals surface area (Å²) in [5, 5.41) is 15.8. The van der Waals surface area contributed by atoms with E-state index in [0.717, 1.165) is 5.56 Å². The van der Waals surface area contributed by atoms with Crippen LogP contribution in [0.4, 0.5) is 0 Å². The Morgan fingerprint density at radius 1 is 1.30 bits per heavy atom. The number of hydrogen-bond donors (Lipinski definition) is 2. The summed E-state index contributed by atoms with van der Waals surface area (Å²) in [4.78, 5) is 23.5. The summed E-state index contributed by atoms with van der Waals surface area (Å²) in [6.45, 7) is 3.31. The molecule has 1 heterocycles. The molecule has 0 spiro atoms. The van der Waals surface area contributed by atoms with Crippen LogP contribution < -0.4 is 10.1 Å². The monoisotopic (exact) mass is 317 g/mol. The van der Waals surface area contributed by atoms with E-state index in [2.05, 4.69) is 10.4 Å². The normalized spacial score (nSPS) is 13.2. The number of nitrogens with one attached hydrogen (secondary N) is 1. The fourth-order valence-electron chi connectivity index (χ4n) is 2.17. The molecule has 0 aliphatic carbocycles. The maximum atomic E-state index is 12.4. The zero-order chi connectivity index (χ0) is 17.0. The standard InChI is InChI=1S/C16H19N3O4/c1-10(12-5-4-6-13(9-12)23-3)18-15(20)14-7-8-17-19(14)11(2)16(21)22/h4-11H,1-3H3,(H,18,20)(H,21,22). The van der Waals surface area contributed by atoms with Gasteiger partial charge < -0.3 is 15.2 Å². The van der Waals surface area contributed by atoms with E-state index in [1.165, 1.54) is 23.9 Å². The highest BCUT2D eigenvalue weighted by molar-refractivity contribution is 5.93. The number of ether oxygens (including phenoxy) is 1. The first kappa shape index (κ1) is 16.5. The first-order chi connectivity index (χ1) is 10.9. The van der Waals surface area contributed by atoms with Crippen molar-refractivity contribution in [3.63, 3.8) is 0 Å². The van der Waals surface area contributed by atoms with Gasteiger partial charge in [0, 0.05) is 6.20 Å². The van der Waals surface area contributed by atoms with Crippen LogP contribution in [-0.2, 0) is 4.79 Å². The summed E-state index contributed by atoms with van der Waals surface area (Å²) in [5.74, 6) is -0.734. The van der Waals surface area contributed by atoms with Crippen LogP contribution in [0.1, 0.15) is 42.0 Å². The zero-order valence-electron chi connectivity index (χ0n) is 13.2. The van der Waals surface area contributed by atoms with E-state index >= 15 is 0 Å². The third-order valence-electron chi connectivity index (χ3n) is 3.57. The Kier molecular flexibility index (Phi) is 5.00. The fourth-order valence-corrected chi connectivity index (χ4v) is 2.17. The second kappa shape index (κ2) is 6.95. The maximum absolute atomic E-state index is 12.4. The van der Waals surface area contributed by atoms with Gasteiger partial charge in [0.2, 0.25) is 0 Å². The lowest BCUT2D eigenvalue weighted by atomic mass is 10.1. The van der Waals surface area contributed by atoms with E-state index in [1.807, 2.05) is 31.2 Å². The van der Waals surface area contributed by atoms with Gasteiger partial charge in [-0.2, -0.15) is 5.10 Å². The number of nitrogens with zero attached hydrogens (tertiary/aromatic N) is 2. The van der Waals surface area contributed by atoms with Gasteiger partial charge in [0.15, 0.2) is 0 Å². The molecule has 2 atom stereocenters. The molecular formula is C16H19N3O4. The van der Waals surface area contributed by atoms with Crippen molar-refractivity contribution in [2.45, 2.75) is 25.9 Å². The molecule has 0 aliphatic heterocycles. The minimum atomic E-state index is -1.05. The van der Waals surface area contributed by atoms with Crippen molar-refractivity contribution in [3.05, 3.63) is 47.8 Å². The first-order valence-electron chi connectivity index (χ1n) is 7.15. The number of aliphatic carboxylic acids is 1. The molecule has 122 valence electrons. The molecule has 0 aliphatic rings. The van der Waals surface area contributed by atoms with Crippen LogP contribution in [0.3, 0.4) is 0 Å². The molecule has 23 heavy (non-hydrogen) atoms. The van der Waals surface area contributed by atoms with Gasteiger partial charge in [-0.1, -0.05) is 12.1 Å². The number of rotatable bonds is 6. The van der Waals surface area contributed by atoms with Crippen molar-refractivity contribution in [2.75, 3.05) is 7.11 Å². The number of carbonyl (C=O) groups excluding carboxylic acids is 1. The van der Waals surface area contributed by atoms with Crippen LogP contribution >= 0.6 is 0 Å². The maximum Gasteiger partial charge on any atom is 0.328 e. The van der Waals surface area contributed by atoms with E-state index in [1.54, 1.807) is 7.11 Å². The smallest absolute Gasteiger partial charge is 0.328 e. The van der Waals surface area contributed by atoms with Crippen LogP contribution in [0, 0.1) is 0 Å². The molecule has 2 rings (SSSR count). The lowest BCUT2D eigenvalue weighted by molar-refractivity contribution is -0.140. The fraction of sp³-hybridized carbons (Fsp3) is 0.312. The Balaban J connectivity index is 2.16. The SMILES string of the molecule is COc1cccc(C(C)NC(=O)c2ccnn2C(C)C(=O)O)c1. The highest BCUT2D eigenvalue weighted by atomic mass is 16.5. The van der Waals surface area contributed by atoms with Crippen LogP contribution in [-0.4, -0.2) is 33.9 Å². The summed E-state index contributed by atoms with van der Waals surface area (Å²) >= 11 is 0. The third kappa shape index (κ3) is 3.68. The number of amides is 1. The molecule has 7 nitrogen and oxygen atoms in total. The van der Waals surface area contributed by atoms with E-state index < -0.39 is 12.0 Å². The van der Waals surface area contributed by atoms with Crippen LogP contribution in [0.5, 0.6) is 5.75 Å². The number of carboxylic acid groups (broad SMARTS) is 1. The largest absolute Gasteiger partial charge is 0.497 e. The lowest BCUT2D eigenvalue weighted by Crippen LogP contribution is -2.30. The van der Waals surface area contributed by atoms with Gasteiger partial charge >= 0.3 is 5.97 Å². The van der Waals surface area contributed by atoms with Crippen molar-refractivity contribution in [2.24, 2.45) is 0 Å². The summed E-state index contributed by atoms with van der Waals surface area (Å²) in [5.41, 5.74) is 1.09. The van der Waals surface area contributed by atoms with Crippen molar-refractivity contribution in [1.82, 2.24) is 15.1 Å². The summed E-state index contributed by atoms with van der Waals surface area (Å²) in [7, 11) is 1.58. The van der Waals surface area contributed by atoms with Crippen molar-refractivity contribution in [1.29, 1.82) is 0 Å². The van der Waals surface area contributed by atoms with Gasteiger partial charge in [-0.15, -0.1) is 0 Å². The van der Waals surface area contributed by atoms with Crippen LogP contribution in [0.2, 0.25) is 0 Å². The Bertz CT molecular complexity index is 711. The average molecular weight is 317 g/mol. The summed E-state index contributed by atoms with van der Waals surface area (Å²) in [6.07, 6.45) is 1.41. The molecule has 2 N–H and O–H groups in total. The predicted molar refractivity (Wildman–Crippen MR) is 83.4 cm³/mol. The molecule has 0 radical (unpaired) electrons. The summed E-state index contributed by atoms with van der Waals surface area (Å²) < 4.78 is 6.36. The number of carboxylic acids is 1. The van der Waals surface area contributed by atoms with E-state index in [9.17, 15) is 9.59 Å². The predicted octanol–water partition coefficient (Wildman–Crippen LogP) is 2.03. The van der Waals surface area contributed by atoms with Crippen LogP contribution in [0.15, 0.2) is 36.5 Å². The van der Waals surface area contributed by atoms with E-state index in [0.29, 0.717) is 5.75 Å². The van der Waals surface area contributed by atoms with Crippen LogP contribution in [0.25, 0.3) is 0 Å². The molecule has 7 heteroatoms. The second-order valence-corrected chi connectivity index (χ2v) is 5.15. The van der Waals surface area contributed by atoms with Gasteiger partial charge in [0.05, 0.1) is 13.2 Å². The molecule has 1 aromatic heterocycles. The number of methoxy groups -OCH3 is 1. The minimum Gasteiger partial charge on any atom is -0.497 e. The molecule has 2 unspecified atom stereocenters. The van der Waals surface area contributed by atoms with E-state index in [-0.39, 0.29) is 17.6 Å². The number of carbonyl (C=O) groups is 2. The van der Waals surface area contributed by atoms with Crippen molar-refractivity contribution in [3.8, 4) is 5.75 Å². The Morgan fingerprint density at radius 3 is 2.70 bits per heavy atom. The molecule has 1 aromatic carbocycles. The number of aromatic nitrogens is 2. The lowest BCUT2D eigenvalue weighted by Gasteiger charge is -2.16. The quantitative estimate of drug-likeness (QED) is 0.850. The summed E-state index contributed by atoms with van der Waals surface area (Å²) in [6, 6.07) is 7.69. The molecule has 0 saturated carbocycles. The molecule has 0 bridgehead atoms. The van der Waals surface area contributed by atoms with Gasteiger partial charge in [0.1, 0.15) is 17.5 Å². The average Bonchev–Trinajstić information content (AvgIpc) is 3.03. The number of benzene rings is 1.